The molecule has 14 heavy (non-hydrogen) atoms. The summed E-state index contributed by atoms with van der Waals surface area (Å²) in [6.07, 6.45) is 4.09. The first-order valence-corrected chi connectivity index (χ1v) is 6.89. The minimum Gasteiger partial charge on any atom is -0.295 e. The highest BCUT2D eigenvalue weighted by atomic mass is 79.9. The third kappa shape index (κ3) is 2.81. The molecule has 0 aliphatic heterocycles. The molecule has 0 spiro atoms. The summed E-state index contributed by atoms with van der Waals surface area (Å²) < 4.78 is 1.25. The van der Waals surface area contributed by atoms with Gasteiger partial charge in [0.25, 0.3) is 0 Å². The van der Waals surface area contributed by atoms with E-state index in [0.717, 1.165) is 12.6 Å². The first-order chi connectivity index (χ1) is 6.79. The van der Waals surface area contributed by atoms with Crippen molar-refractivity contribution >= 4 is 27.3 Å². The summed E-state index contributed by atoms with van der Waals surface area (Å²) in [7, 11) is 0. The zero-order chi connectivity index (χ0) is 9.97. The lowest BCUT2D eigenvalue weighted by Gasteiger charge is -2.19. The highest BCUT2D eigenvalue weighted by molar-refractivity contribution is 9.11. The summed E-state index contributed by atoms with van der Waals surface area (Å²) in [5.41, 5.74) is 0. The standard InChI is InChI=1S/C11H16BrNS/c1-2-7-13(9-3-4-9)8-10-5-6-11(12)14-10/h5-6,9H,2-4,7-8H2,1H3. The Morgan fingerprint density at radius 2 is 2.29 bits per heavy atom. The van der Waals surface area contributed by atoms with E-state index in [1.165, 1.54) is 34.5 Å². The Morgan fingerprint density at radius 1 is 1.50 bits per heavy atom. The van der Waals surface area contributed by atoms with Crippen LogP contribution in [0.4, 0.5) is 0 Å². The van der Waals surface area contributed by atoms with Crippen molar-refractivity contribution in [2.24, 2.45) is 0 Å². The van der Waals surface area contributed by atoms with Crippen LogP contribution in [-0.4, -0.2) is 17.5 Å². The fourth-order valence-electron chi connectivity index (χ4n) is 1.75. The number of thiophene rings is 1. The van der Waals surface area contributed by atoms with E-state index in [2.05, 4.69) is 39.9 Å². The third-order valence-corrected chi connectivity index (χ3v) is 4.17. The largest absolute Gasteiger partial charge is 0.295 e. The Bertz CT molecular complexity index is 293. The smallest absolute Gasteiger partial charge is 0.0701 e. The molecule has 0 amide bonds. The SMILES string of the molecule is CCCN(Cc1ccc(Br)s1)C1CC1. The first kappa shape index (κ1) is 10.7. The van der Waals surface area contributed by atoms with Crippen molar-refractivity contribution in [2.45, 2.75) is 38.8 Å². The lowest BCUT2D eigenvalue weighted by atomic mass is 10.3. The van der Waals surface area contributed by atoms with Crippen LogP contribution >= 0.6 is 27.3 Å². The van der Waals surface area contributed by atoms with E-state index in [1.807, 2.05) is 11.3 Å². The van der Waals surface area contributed by atoms with E-state index < -0.39 is 0 Å². The average Bonchev–Trinajstić information content (AvgIpc) is 2.91. The summed E-state index contributed by atoms with van der Waals surface area (Å²) in [4.78, 5) is 4.11. The molecule has 1 heterocycles. The quantitative estimate of drug-likeness (QED) is 0.787. The molecule has 0 bridgehead atoms. The van der Waals surface area contributed by atoms with Crippen LogP contribution in [0.5, 0.6) is 0 Å². The molecule has 1 saturated carbocycles. The van der Waals surface area contributed by atoms with Gasteiger partial charge in [0.2, 0.25) is 0 Å². The Hall–Kier alpha value is 0.140. The van der Waals surface area contributed by atoms with Crippen LogP contribution in [0.1, 0.15) is 31.1 Å². The predicted molar refractivity (Wildman–Crippen MR) is 65.7 cm³/mol. The van der Waals surface area contributed by atoms with Gasteiger partial charge in [0.05, 0.1) is 3.79 Å². The van der Waals surface area contributed by atoms with Gasteiger partial charge in [-0.1, -0.05) is 6.92 Å². The summed E-state index contributed by atoms with van der Waals surface area (Å²) in [6.45, 7) is 4.66. The Labute approximate surface area is 98.2 Å². The molecule has 1 aromatic heterocycles. The molecule has 78 valence electrons. The van der Waals surface area contributed by atoms with E-state index in [1.54, 1.807) is 0 Å². The second-order valence-corrected chi connectivity index (χ2v) is 6.46. The molecule has 0 aromatic carbocycles. The van der Waals surface area contributed by atoms with Gasteiger partial charge in [0.1, 0.15) is 0 Å². The van der Waals surface area contributed by atoms with Gasteiger partial charge in [-0.2, -0.15) is 0 Å². The average molecular weight is 274 g/mol. The van der Waals surface area contributed by atoms with Crippen LogP contribution in [-0.2, 0) is 6.54 Å². The summed E-state index contributed by atoms with van der Waals surface area (Å²) in [5, 5.41) is 0. The van der Waals surface area contributed by atoms with Crippen LogP contribution in [0.15, 0.2) is 15.9 Å². The second kappa shape index (κ2) is 4.77. The molecule has 1 fully saturated rings. The van der Waals surface area contributed by atoms with E-state index in [0.29, 0.717) is 0 Å². The molecular weight excluding hydrogens is 258 g/mol. The van der Waals surface area contributed by atoms with Gasteiger partial charge < -0.3 is 0 Å². The molecular formula is C11H16BrNS. The van der Waals surface area contributed by atoms with Gasteiger partial charge in [-0.3, -0.25) is 4.90 Å². The number of hydrogen-bond donors (Lipinski definition) is 0. The maximum Gasteiger partial charge on any atom is 0.0701 e. The Morgan fingerprint density at radius 3 is 2.79 bits per heavy atom. The van der Waals surface area contributed by atoms with Crippen molar-refractivity contribution < 1.29 is 0 Å². The topological polar surface area (TPSA) is 3.24 Å². The van der Waals surface area contributed by atoms with Gasteiger partial charge in [0, 0.05) is 17.5 Å². The monoisotopic (exact) mass is 273 g/mol. The number of nitrogens with zero attached hydrogens (tertiary/aromatic N) is 1. The molecule has 0 atom stereocenters. The molecule has 0 radical (unpaired) electrons. The zero-order valence-electron chi connectivity index (χ0n) is 8.50. The fourth-order valence-corrected chi connectivity index (χ4v) is 3.26. The van der Waals surface area contributed by atoms with Gasteiger partial charge in [-0.15, -0.1) is 11.3 Å². The van der Waals surface area contributed by atoms with Crippen LogP contribution < -0.4 is 0 Å². The summed E-state index contributed by atoms with van der Waals surface area (Å²) >= 11 is 5.38. The number of hydrogen-bond acceptors (Lipinski definition) is 2. The second-order valence-electron chi connectivity index (χ2n) is 3.91. The lowest BCUT2D eigenvalue weighted by molar-refractivity contribution is 0.257. The van der Waals surface area contributed by atoms with Gasteiger partial charge in [-0.05, 0) is 53.9 Å². The van der Waals surface area contributed by atoms with E-state index in [4.69, 9.17) is 0 Å². The molecule has 1 aromatic rings. The molecule has 1 nitrogen and oxygen atoms in total. The van der Waals surface area contributed by atoms with Crippen molar-refractivity contribution in [2.75, 3.05) is 6.54 Å². The van der Waals surface area contributed by atoms with Crippen LogP contribution in [0, 0.1) is 0 Å². The van der Waals surface area contributed by atoms with E-state index >= 15 is 0 Å². The highest BCUT2D eigenvalue weighted by Gasteiger charge is 2.28. The zero-order valence-corrected chi connectivity index (χ0v) is 10.9. The van der Waals surface area contributed by atoms with Crippen molar-refractivity contribution in [3.8, 4) is 0 Å². The number of rotatable bonds is 5. The van der Waals surface area contributed by atoms with Crippen LogP contribution in [0.3, 0.4) is 0 Å². The van der Waals surface area contributed by atoms with Crippen molar-refractivity contribution in [3.05, 3.63) is 20.8 Å². The molecule has 3 heteroatoms. The molecule has 1 aliphatic carbocycles. The van der Waals surface area contributed by atoms with Crippen molar-refractivity contribution in [1.82, 2.24) is 4.90 Å². The van der Waals surface area contributed by atoms with E-state index in [9.17, 15) is 0 Å². The maximum absolute atomic E-state index is 3.51. The molecule has 1 aliphatic rings. The minimum atomic E-state index is 0.885. The minimum absolute atomic E-state index is 0.885. The molecule has 0 N–H and O–H groups in total. The van der Waals surface area contributed by atoms with Crippen molar-refractivity contribution in [1.29, 1.82) is 0 Å². The van der Waals surface area contributed by atoms with Gasteiger partial charge in [0.15, 0.2) is 0 Å². The van der Waals surface area contributed by atoms with Crippen LogP contribution in [0.2, 0.25) is 0 Å². The molecule has 0 saturated heterocycles. The van der Waals surface area contributed by atoms with Gasteiger partial charge in [-0.25, -0.2) is 0 Å². The van der Waals surface area contributed by atoms with Gasteiger partial charge >= 0.3 is 0 Å². The third-order valence-electron chi connectivity index (χ3n) is 2.56. The van der Waals surface area contributed by atoms with Crippen LogP contribution in [0.25, 0.3) is 0 Å². The lowest BCUT2D eigenvalue weighted by Crippen LogP contribution is -2.25. The van der Waals surface area contributed by atoms with E-state index in [-0.39, 0.29) is 0 Å². The highest BCUT2D eigenvalue weighted by Crippen LogP contribution is 2.30. The normalized spacial score (nSPS) is 16.5. The predicted octanol–water partition coefficient (Wildman–Crippen LogP) is 3.89. The maximum atomic E-state index is 3.51. The fraction of sp³-hybridized carbons (Fsp3) is 0.636. The first-order valence-electron chi connectivity index (χ1n) is 5.28. The number of halogens is 1. The molecule has 2 rings (SSSR count). The summed E-state index contributed by atoms with van der Waals surface area (Å²) in [5.74, 6) is 0. The molecule has 0 unspecified atom stereocenters. The Kier molecular flexibility index (Phi) is 3.63. The van der Waals surface area contributed by atoms with Crippen molar-refractivity contribution in [3.63, 3.8) is 0 Å². The Balaban J connectivity index is 1.92. The summed E-state index contributed by atoms with van der Waals surface area (Å²) in [6, 6.07) is 5.27.